The van der Waals surface area contributed by atoms with Gasteiger partial charge in [-0.3, -0.25) is 4.79 Å². The molecule has 2 aromatic carbocycles. The van der Waals surface area contributed by atoms with Gasteiger partial charge in [-0.15, -0.1) is 0 Å². The number of carbonyl (C=O) groups excluding carboxylic acids is 1. The predicted molar refractivity (Wildman–Crippen MR) is 99.8 cm³/mol. The lowest BCUT2D eigenvalue weighted by atomic mass is 10.0. The first-order valence-corrected chi connectivity index (χ1v) is 9.13. The smallest absolute Gasteiger partial charge is 0.220 e. The summed E-state index contributed by atoms with van der Waals surface area (Å²) < 4.78 is 16.7. The summed E-state index contributed by atoms with van der Waals surface area (Å²) in [6, 6.07) is 15.4. The van der Waals surface area contributed by atoms with Crippen LogP contribution in [-0.4, -0.2) is 25.7 Å². The van der Waals surface area contributed by atoms with Gasteiger partial charge in [0.25, 0.3) is 0 Å². The number of amides is 1. The van der Waals surface area contributed by atoms with E-state index in [1.165, 1.54) is 0 Å². The monoisotopic (exact) mass is 355 g/mol. The zero-order chi connectivity index (χ0) is 18.2. The van der Waals surface area contributed by atoms with Crippen LogP contribution in [0, 0.1) is 0 Å². The fraction of sp³-hybridized carbons (Fsp3) is 0.381. The number of hydrogen-bond donors (Lipinski definition) is 1. The van der Waals surface area contributed by atoms with Gasteiger partial charge < -0.3 is 19.5 Å². The van der Waals surface area contributed by atoms with Crippen LogP contribution in [0.3, 0.4) is 0 Å². The fourth-order valence-electron chi connectivity index (χ4n) is 2.98. The topological polar surface area (TPSA) is 56.8 Å². The summed E-state index contributed by atoms with van der Waals surface area (Å²) >= 11 is 0. The molecule has 0 bridgehead atoms. The average molecular weight is 355 g/mol. The Morgan fingerprint density at radius 1 is 1.12 bits per heavy atom. The highest BCUT2D eigenvalue weighted by Gasteiger charge is 2.22. The van der Waals surface area contributed by atoms with Crippen molar-refractivity contribution in [2.75, 3.05) is 19.8 Å². The van der Waals surface area contributed by atoms with Crippen molar-refractivity contribution in [3.63, 3.8) is 0 Å². The zero-order valence-corrected chi connectivity index (χ0v) is 15.1. The Kier molecular flexibility index (Phi) is 6.36. The molecule has 0 saturated heterocycles. The minimum atomic E-state index is 0.0273. The molecule has 1 atom stereocenters. The third-order valence-corrected chi connectivity index (χ3v) is 4.25. The Hall–Kier alpha value is -2.69. The predicted octanol–water partition coefficient (Wildman–Crippen LogP) is 3.88. The van der Waals surface area contributed by atoms with Gasteiger partial charge in [0.1, 0.15) is 17.2 Å². The lowest BCUT2D eigenvalue weighted by Gasteiger charge is -2.26. The van der Waals surface area contributed by atoms with Gasteiger partial charge >= 0.3 is 0 Å². The van der Waals surface area contributed by atoms with E-state index in [4.69, 9.17) is 14.2 Å². The zero-order valence-electron chi connectivity index (χ0n) is 15.1. The fourth-order valence-corrected chi connectivity index (χ4v) is 2.98. The number of fused-ring (bicyclic) bond motifs is 1. The molecule has 1 N–H and O–H groups in total. The minimum absolute atomic E-state index is 0.0273. The maximum absolute atomic E-state index is 12.2. The molecule has 138 valence electrons. The molecular formula is C21H25NO4. The normalized spacial score (nSPS) is 15.5. The van der Waals surface area contributed by atoms with Crippen LogP contribution in [0.25, 0.3) is 0 Å². The molecule has 26 heavy (non-hydrogen) atoms. The van der Waals surface area contributed by atoms with Crippen LogP contribution in [0.15, 0.2) is 48.5 Å². The summed E-state index contributed by atoms with van der Waals surface area (Å²) in [5.74, 6) is 2.52. The molecule has 0 saturated carbocycles. The summed E-state index contributed by atoms with van der Waals surface area (Å²) in [6.07, 6.45) is 1.91. The van der Waals surface area contributed by atoms with Crippen LogP contribution < -0.4 is 19.5 Å². The first-order valence-electron chi connectivity index (χ1n) is 9.13. The van der Waals surface area contributed by atoms with Crippen molar-refractivity contribution < 1.29 is 19.0 Å². The number of rotatable bonds is 8. The number of carbonyl (C=O) groups is 1. The average Bonchev–Trinajstić information content (AvgIpc) is 2.67. The molecule has 1 aliphatic rings. The summed E-state index contributed by atoms with van der Waals surface area (Å²) in [5, 5.41) is 3.10. The molecule has 0 radical (unpaired) electrons. The number of para-hydroxylation sites is 1. The van der Waals surface area contributed by atoms with E-state index in [2.05, 4.69) is 5.32 Å². The van der Waals surface area contributed by atoms with Crippen LogP contribution in [0.5, 0.6) is 17.2 Å². The van der Waals surface area contributed by atoms with Gasteiger partial charge in [-0.1, -0.05) is 18.2 Å². The van der Waals surface area contributed by atoms with Crippen molar-refractivity contribution in [1.29, 1.82) is 0 Å². The van der Waals surface area contributed by atoms with Crippen LogP contribution >= 0.6 is 0 Å². The van der Waals surface area contributed by atoms with E-state index in [1.807, 2.05) is 55.5 Å². The summed E-state index contributed by atoms with van der Waals surface area (Å²) in [5.41, 5.74) is 1.05. The molecule has 2 aromatic rings. The molecule has 5 nitrogen and oxygen atoms in total. The lowest BCUT2D eigenvalue weighted by molar-refractivity contribution is -0.122. The lowest BCUT2D eigenvalue weighted by Crippen LogP contribution is -2.32. The minimum Gasteiger partial charge on any atom is -0.494 e. The van der Waals surface area contributed by atoms with E-state index < -0.39 is 0 Å². The number of nitrogens with one attached hydrogen (secondary N) is 1. The molecule has 0 spiro atoms. The molecule has 0 aliphatic carbocycles. The molecule has 1 aliphatic heterocycles. The summed E-state index contributed by atoms with van der Waals surface area (Å²) in [6.45, 7) is 3.73. The Morgan fingerprint density at radius 2 is 1.85 bits per heavy atom. The molecule has 0 unspecified atom stereocenters. The second-order valence-corrected chi connectivity index (χ2v) is 6.15. The highest BCUT2D eigenvalue weighted by molar-refractivity contribution is 5.76. The van der Waals surface area contributed by atoms with Gasteiger partial charge in [0.15, 0.2) is 0 Å². The van der Waals surface area contributed by atoms with E-state index in [1.54, 1.807) is 0 Å². The summed E-state index contributed by atoms with van der Waals surface area (Å²) in [7, 11) is 0. The second kappa shape index (κ2) is 9.13. The molecule has 0 fully saturated rings. The molecule has 0 aromatic heterocycles. The van der Waals surface area contributed by atoms with Gasteiger partial charge in [0, 0.05) is 18.4 Å². The Balaban J connectivity index is 1.40. The molecule has 3 rings (SSSR count). The van der Waals surface area contributed by atoms with Crippen LogP contribution in [0.4, 0.5) is 0 Å². The maximum Gasteiger partial charge on any atom is 0.220 e. The van der Waals surface area contributed by atoms with E-state index in [0.29, 0.717) is 32.7 Å². The Morgan fingerprint density at radius 3 is 2.62 bits per heavy atom. The maximum atomic E-state index is 12.2. The number of ether oxygens (including phenoxy) is 3. The molecule has 1 heterocycles. The van der Waals surface area contributed by atoms with Crippen molar-refractivity contribution in [2.45, 2.75) is 32.2 Å². The number of benzene rings is 2. The van der Waals surface area contributed by atoms with Crippen molar-refractivity contribution in [1.82, 2.24) is 5.32 Å². The molecular weight excluding hydrogens is 330 g/mol. The highest BCUT2D eigenvalue weighted by atomic mass is 16.5. The van der Waals surface area contributed by atoms with E-state index in [9.17, 15) is 4.79 Å². The standard InChI is InChI=1S/C21H25NO4/c1-2-24-16-9-11-17(12-10-16)25-14-5-8-21(23)22-19-13-15-26-20-7-4-3-6-18(19)20/h3-4,6-7,9-12,19H,2,5,8,13-15H2,1H3,(H,22,23)/t19-/m1/s1. The first kappa shape index (κ1) is 18.1. The van der Waals surface area contributed by atoms with Crippen LogP contribution in [0.1, 0.15) is 37.8 Å². The number of hydrogen-bond acceptors (Lipinski definition) is 4. The van der Waals surface area contributed by atoms with E-state index >= 15 is 0 Å². The highest BCUT2D eigenvalue weighted by Crippen LogP contribution is 2.31. The largest absolute Gasteiger partial charge is 0.494 e. The van der Waals surface area contributed by atoms with Gasteiger partial charge in [-0.05, 0) is 43.7 Å². The van der Waals surface area contributed by atoms with Crippen molar-refractivity contribution in [3.8, 4) is 17.2 Å². The summed E-state index contributed by atoms with van der Waals surface area (Å²) in [4.78, 5) is 12.2. The third-order valence-electron chi connectivity index (χ3n) is 4.25. The third kappa shape index (κ3) is 4.91. The second-order valence-electron chi connectivity index (χ2n) is 6.15. The van der Waals surface area contributed by atoms with Gasteiger partial charge in [0.2, 0.25) is 5.91 Å². The van der Waals surface area contributed by atoms with Gasteiger partial charge in [-0.25, -0.2) is 0 Å². The van der Waals surface area contributed by atoms with E-state index in [0.717, 1.165) is 29.2 Å². The SMILES string of the molecule is CCOc1ccc(OCCCC(=O)N[C@@H]2CCOc3ccccc32)cc1. The first-order chi connectivity index (χ1) is 12.8. The van der Waals surface area contributed by atoms with Crippen molar-refractivity contribution in [3.05, 3.63) is 54.1 Å². The van der Waals surface area contributed by atoms with Crippen LogP contribution in [0.2, 0.25) is 0 Å². The van der Waals surface area contributed by atoms with Crippen LogP contribution in [-0.2, 0) is 4.79 Å². The molecule has 5 heteroatoms. The van der Waals surface area contributed by atoms with Crippen molar-refractivity contribution in [2.24, 2.45) is 0 Å². The van der Waals surface area contributed by atoms with Gasteiger partial charge in [0.05, 0.1) is 25.9 Å². The van der Waals surface area contributed by atoms with Crippen molar-refractivity contribution >= 4 is 5.91 Å². The van der Waals surface area contributed by atoms with Gasteiger partial charge in [-0.2, -0.15) is 0 Å². The molecule has 1 amide bonds. The Bertz CT molecular complexity index is 714. The Labute approximate surface area is 154 Å². The van der Waals surface area contributed by atoms with E-state index in [-0.39, 0.29) is 11.9 Å². The quantitative estimate of drug-likeness (QED) is 0.730.